The van der Waals surface area contributed by atoms with Crippen molar-refractivity contribution in [3.05, 3.63) is 34.4 Å². The van der Waals surface area contributed by atoms with Crippen molar-refractivity contribution in [2.75, 3.05) is 20.1 Å². The molecule has 1 atom stereocenters. The molecule has 7 nitrogen and oxygen atoms in total. The van der Waals surface area contributed by atoms with E-state index < -0.39 is 14.9 Å². The lowest BCUT2D eigenvalue weighted by Gasteiger charge is -2.34. The smallest absolute Gasteiger partial charge is 0.289 e. The summed E-state index contributed by atoms with van der Waals surface area (Å²) in [6.45, 7) is 0.945. The lowest BCUT2D eigenvalue weighted by atomic mass is 10.1. The summed E-state index contributed by atoms with van der Waals surface area (Å²) < 4.78 is 27.0. The highest BCUT2D eigenvalue weighted by atomic mass is 32.2. The molecular weight excluding hydrogens is 294 g/mol. The van der Waals surface area contributed by atoms with Crippen LogP contribution in [0.4, 0.5) is 5.69 Å². The maximum absolute atomic E-state index is 12.8. The molecule has 0 aliphatic carbocycles. The van der Waals surface area contributed by atoms with Crippen LogP contribution in [0.1, 0.15) is 19.3 Å². The number of benzene rings is 1. The van der Waals surface area contributed by atoms with Crippen LogP contribution in [0, 0.1) is 10.1 Å². The highest BCUT2D eigenvalue weighted by Crippen LogP contribution is 2.30. The first-order valence-electron chi connectivity index (χ1n) is 6.88. The number of hydrogen-bond donors (Lipinski definition) is 1. The minimum atomic E-state index is -3.86. The molecule has 1 aromatic rings. The van der Waals surface area contributed by atoms with Crippen molar-refractivity contribution in [2.45, 2.75) is 30.2 Å². The molecule has 1 heterocycles. The van der Waals surface area contributed by atoms with E-state index in [4.69, 9.17) is 0 Å². The van der Waals surface area contributed by atoms with Crippen molar-refractivity contribution < 1.29 is 13.3 Å². The zero-order chi connectivity index (χ0) is 15.5. The Bertz CT molecular complexity index is 616. The van der Waals surface area contributed by atoms with E-state index in [1.54, 1.807) is 7.05 Å². The Balaban J connectivity index is 2.43. The van der Waals surface area contributed by atoms with Crippen LogP contribution in [-0.2, 0) is 10.0 Å². The molecule has 2 rings (SSSR count). The molecular formula is C13H19N3O4S. The third-order valence-corrected chi connectivity index (χ3v) is 5.66. The third-order valence-electron chi connectivity index (χ3n) is 3.66. The van der Waals surface area contributed by atoms with Gasteiger partial charge in [-0.3, -0.25) is 10.1 Å². The summed E-state index contributed by atoms with van der Waals surface area (Å²) in [5, 5.41) is 14.1. The van der Waals surface area contributed by atoms with Gasteiger partial charge in [-0.25, -0.2) is 8.42 Å². The van der Waals surface area contributed by atoms with Crippen LogP contribution >= 0.6 is 0 Å². The van der Waals surface area contributed by atoms with Gasteiger partial charge >= 0.3 is 0 Å². The second-order valence-corrected chi connectivity index (χ2v) is 6.91. The van der Waals surface area contributed by atoms with Gasteiger partial charge in [0.25, 0.3) is 5.69 Å². The van der Waals surface area contributed by atoms with Crippen LogP contribution in [-0.4, -0.2) is 43.8 Å². The van der Waals surface area contributed by atoms with Crippen LogP contribution in [0.5, 0.6) is 0 Å². The number of rotatable bonds is 5. The first kappa shape index (κ1) is 15.9. The van der Waals surface area contributed by atoms with Crippen LogP contribution < -0.4 is 5.32 Å². The topological polar surface area (TPSA) is 92.6 Å². The molecule has 0 spiro atoms. The van der Waals surface area contributed by atoms with E-state index in [2.05, 4.69) is 5.32 Å². The van der Waals surface area contributed by atoms with Gasteiger partial charge in [0.15, 0.2) is 4.90 Å². The predicted octanol–water partition coefficient (Wildman–Crippen LogP) is 1.36. The average Bonchev–Trinajstić information content (AvgIpc) is 2.48. The number of nitro groups is 1. The Morgan fingerprint density at radius 2 is 2.10 bits per heavy atom. The van der Waals surface area contributed by atoms with E-state index in [0.717, 1.165) is 19.3 Å². The summed E-state index contributed by atoms with van der Waals surface area (Å²) in [5.74, 6) is 0. The molecule has 1 aromatic carbocycles. The van der Waals surface area contributed by atoms with Crippen LogP contribution in [0.25, 0.3) is 0 Å². The number of sulfonamides is 1. The van der Waals surface area contributed by atoms with Gasteiger partial charge in [-0.05, 0) is 26.0 Å². The fourth-order valence-corrected chi connectivity index (χ4v) is 4.53. The minimum absolute atomic E-state index is 0.159. The van der Waals surface area contributed by atoms with Crippen molar-refractivity contribution in [1.29, 1.82) is 0 Å². The highest BCUT2D eigenvalue weighted by molar-refractivity contribution is 7.89. The summed E-state index contributed by atoms with van der Waals surface area (Å²) in [7, 11) is -2.09. The van der Waals surface area contributed by atoms with Gasteiger partial charge in [0.2, 0.25) is 10.0 Å². The monoisotopic (exact) mass is 313 g/mol. The highest BCUT2D eigenvalue weighted by Gasteiger charge is 2.36. The lowest BCUT2D eigenvalue weighted by molar-refractivity contribution is -0.387. The molecule has 8 heteroatoms. The van der Waals surface area contributed by atoms with Gasteiger partial charge in [0, 0.05) is 25.2 Å². The first-order chi connectivity index (χ1) is 9.98. The van der Waals surface area contributed by atoms with Gasteiger partial charge in [0.05, 0.1) is 4.92 Å². The van der Waals surface area contributed by atoms with Gasteiger partial charge in [-0.15, -0.1) is 0 Å². The first-order valence-corrected chi connectivity index (χ1v) is 8.32. The van der Waals surface area contributed by atoms with Crippen LogP contribution in [0.2, 0.25) is 0 Å². The quantitative estimate of drug-likeness (QED) is 0.654. The molecule has 1 saturated heterocycles. The number of nitrogens with zero attached hydrogens (tertiary/aromatic N) is 2. The lowest BCUT2D eigenvalue weighted by Crippen LogP contribution is -2.47. The van der Waals surface area contributed by atoms with Gasteiger partial charge in [-0.1, -0.05) is 18.6 Å². The summed E-state index contributed by atoms with van der Waals surface area (Å²) in [5.41, 5.74) is -0.369. The number of para-hydroxylation sites is 1. The maximum atomic E-state index is 12.8. The second kappa shape index (κ2) is 6.50. The molecule has 116 valence electrons. The van der Waals surface area contributed by atoms with Gasteiger partial charge in [-0.2, -0.15) is 4.31 Å². The van der Waals surface area contributed by atoms with Crippen molar-refractivity contribution in [2.24, 2.45) is 0 Å². The molecule has 0 bridgehead atoms. The molecule has 1 unspecified atom stereocenters. The average molecular weight is 313 g/mol. The van der Waals surface area contributed by atoms with E-state index in [1.807, 2.05) is 0 Å². The number of nitro benzene ring substituents is 1. The fraction of sp³-hybridized carbons (Fsp3) is 0.538. The van der Waals surface area contributed by atoms with Crippen molar-refractivity contribution in [3.63, 3.8) is 0 Å². The van der Waals surface area contributed by atoms with E-state index >= 15 is 0 Å². The number of piperidine rings is 1. The molecule has 1 N–H and O–H groups in total. The summed E-state index contributed by atoms with van der Waals surface area (Å²) in [4.78, 5) is 10.2. The van der Waals surface area contributed by atoms with E-state index in [1.165, 1.54) is 28.6 Å². The molecule has 0 aromatic heterocycles. The number of hydrogen-bond acceptors (Lipinski definition) is 5. The van der Waals surface area contributed by atoms with Crippen LogP contribution in [0.15, 0.2) is 29.2 Å². The summed E-state index contributed by atoms with van der Waals surface area (Å²) in [6.07, 6.45) is 2.51. The van der Waals surface area contributed by atoms with Crippen molar-refractivity contribution in [1.82, 2.24) is 9.62 Å². The Kier molecular flexibility index (Phi) is 4.92. The summed E-state index contributed by atoms with van der Waals surface area (Å²) in [6, 6.07) is 5.35. The Labute approximate surface area is 124 Å². The van der Waals surface area contributed by atoms with E-state index in [0.29, 0.717) is 13.1 Å². The normalized spacial score (nSPS) is 20.3. The maximum Gasteiger partial charge on any atom is 0.289 e. The Morgan fingerprint density at radius 1 is 1.38 bits per heavy atom. The number of nitrogens with one attached hydrogen (secondary N) is 1. The molecule has 0 radical (unpaired) electrons. The molecule has 1 fully saturated rings. The molecule has 0 saturated carbocycles. The Hall–Kier alpha value is -1.51. The standard InChI is InChI=1S/C13H19N3O4S/c1-14-10-11-6-4-5-9-15(11)21(19,20)13-8-3-2-7-12(13)16(17)18/h2-3,7-8,11,14H,4-6,9-10H2,1H3. The van der Waals surface area contributed by atoms with E-state index in [9.17, 15) is 18.5 Å². The van der Waals surface area contributed by atoms with Gasteiger partial charge in [0.1, 0.15) is 0 Å². The van der Waals surface area contributed by atoms with E-state index in [-0.39, 0.29) is 16.6 Å². The van der Waals surface area contributed by atoms with Gasteiger partial charge < -0.3 is 5.32 Å². The zero-order valence-electron chi connectivity index (χ0n) is 11.9. The van der Waals surface area contributed by atoms with Crippen molar-refractivity contribution >= 4 is 15.7 Å². The Morgan fingerprint density at radius 3 is 2.76 bits per heavy atom. The SMILES string of the molecule is CNCC1CCCCN1S(=O)(=O)c1ccccc1[N+](=O)[O-]. The summed E-state index contributed by atoms with van der Waals surface area (Å²) >= 11 is 0. The zero-order valence-corrected chi connectivity index (χ0v) is 12.7. The molecule has 0 amide bonds. The second-order valence-electron chi connectivity index (χ2n) is 5.05. The third kappa shape index (κ3) is 3.22. The minimum Gasteiger partial charge on any atom is -0.318 e. The molecule has 1 aliphatic heterocycles. The number of likely N-dealkylation sites (N-methyl/N-ethyl adjacent to an activating group) is 1. The predicted molar refractivity (Wildman–Crippen MR) is 78.6 cm³/mol. The molecule has 1 aliphatic rings. The fourth-order valence-electron chi connectivity index (χ4n) is 2.68. The van der Waals surface area contributed by atoms with Crippen LogP contribution in [0.3, 0.4) is 0 Å². The van der Waals surface area contributed by atoms with Crippen molar-refractivity contribution in [3.8, 4) is 0 Å². The largest absolute Gasteiger partial charge is 0.318 e. The molecule has 21 heavy (non-hydrogen) atoms.